The van der Waals surface area contributed by atoms with Crippen LogP contribution in [0.4, 0.5) is 0 Å². The summed E-state index contributed by atoms with van der Waals surface area (Å²) in [6, 6.07) is 6.41. The Morgan fingerprint density at radius 2 is 1.48 bits per heavy atom. The Hall–Kier alpha value is -0.720. The molecule has 1 rings (SSSR count). The molecule has 1 aromatic carbocycles. The van der Waals surface area contributed by atoms with E-state index in [4.69, 9.17) is 16.3 Å². The van der Waals surface area contributed by atoms with Crippen LogP contribution in [0.3, 0.4) is 0 Å². The van der Waals surface area contributed by atoms with Crippen molar-refractivity contribution in [2.75, 3.05) is 23.0 Å². The predicted molar refractivity (Wildman–Crippen MR) is 106 cm³/mol. The fourth-order valence-electron chi connectivity index (χ4n) is 2.11. The van der Waals surface area contributed by atoms with Gasteiger partial charge in [-0.15, -0.1) is 0 Å². The van der Waals surface area contributed by atoms with Crippen LogP contribution < -0.4 is 0 Å². The fourth-order valence-corrected chi connectivity index (χ4v) is 5.14. The van der Waals surface area contributed by atoms with Crippen LogP contribution in [-0.2, 0) is 26.3 Å². The monoisotopic (exact) mass is 406 g/mol. The van der Waals surface area contributed by atoms with Crippen molar-refractivity contribution in [1.29, 1.82) is 0 Å². The van der Waals surface area contributed by atoms with Gasteiger partial charge in [-0.05, 0) is 37.1 Å². The smallest absolute Gasteiger partial charge is 0.338 e. The van der Waals surface area contributed by atoms with E-state index >= 15 is 0 Å². The first-order valence-corrected chi connectivity index (χ1v) is 12.0. The molecule has 142 valence electrons. The van der Waals surface area contributed by atoms with E-state index in [0.29, 0.717) is 22.1 Å². The van der Waals surface area contributed by atoms with E-state index < -0.39 is 33.7 Å². The molecular formula is C18H27ClO4S2. The third-order valence-electron chi connectivity index (χ3n) is 3.55. The molecule has 0 spiro atoms. The van der Waals surface area contributed by atoms with Crippen molar-refractivity contribution in [3.05, 3.63) is 34.9 Å². The summed E-state index contributed by atoms with van der Waals surface area (Å²) in [5.41, 5.74) is 0.382. The minimum atomic E-state index is -1.08. The SMILES string of the molecule is CCCC[S@@](=O)CC(C[S@@](=O)CCCC)OC(=O)c1ccc(Cl)cc1. The van der Waals surface area contributed by atoms with Crippen molar-refractivity contribution in [3.63, 3.8) is 0 Å². The Bertz CT molecular complexity index is 553. The number of benzene rings is 1. The van der Waals surface area contributed by atoms with Crippen molar-refractivity contribution in [1.82, 2.24) is 0 Å². The lowest BCUT2D eigenvalue weighted by Crippen LogP contribution is -2.31. The number of halogens is 1. The summed E-state index contributed by atoms with van der Waals surface area (Å²) in [5, 5.41) is 0.537. The van der Waals surface area contributed by atoms with Crippen molar-refractivity contribution in [2.24, 2.45) is 0 Å². The van der Waals surface area contributed by atoms with Gasteiger partial charge in [0.2, 0.25) is 0 Å². The normalized spacial score (nSPS) is 14.7. The average molecular weight is 407 g/mol. The van der Waals surface area contributed by atoms with E-state index in [9.17, 15) is 13.2 Å². The third kappa shape index (κ3) is 9.52. The lowest BCUT2D eigenvalue weighted by atomic mass is 10.2. The van der Waals surface area contributed by atoms with Crippen molar-refractivity contribution >= 4 is 39.2 Å². The Labute approximate surface area is 160 Å². The molecular weight excluding hydrogens is 380 g/mol. The Kier molecular flexibility index (Phi) is 11.3. The number of rotatable bonds is 12. The molecule has 7 heteroatoms. The van der Waals surface area contributed by atoms with Crippen LogP contribution in [0.2, 0.25) is 5.02 Å². The van der Waals surface area contributed by atoms with Gasteiger partial charge < -0.3 is 4.74 Å². The molecule has 0 aliphatic rings. The van der Waals surface area contributed by atoms with E-state index in [0.717, 1.165) is 25.7 Å². The van der Waals surface area contributed by atoms with Gasteiger partial charge in [0.05, 0.1) is 17.1 Å². The summed E-state index contributed by atoms with van der Waals surface area (Å²) in [5.74, 6) is 1.12. The number of ether oxygens (including phenoxy) is 1. The molecule has 25 heavy (non-hydrogen) atoms. The molecule has 0 radical (unpaired) electrons. The van der Waals surface area contributed by atoms with E-state index in [1.54, 1.807) is 24.3 Å². The number of carbonyl (C=O) groups excluding carboxylic acids is 1. The topological polar surface area (TPSA) is 60.4 Å². The molecule has 0 bridgehead atoms. The molecule has 0 heterocycles. The van der Waals surface area contributed by atoms with Gasteiger partial charge in [-0.25, -0.2) is 4.79 Å². The summed E-state index contributed by atoms with van der Waals surface area (Å²) < 4.78 is 29.9. The second-order valence-electron chi connectivity index (χ2n) is 5.86. The van der Waals surface area contributed by atoms with E-state index in [1.807, 2.05) is 13.8 Å². The molecule has 0 fully saturated rings. The van der Waals surface area contributed by atoms with Crippen molar-refractivity contribution in [2.45, 2.75) is 45.6 Å². The molecule has 0 saturated heterocycles. The van der Waals surface area contributed by atoms with Gasteiger partial charge in [-0.3, -0.25) is 8.42 Å². The number of hydrogen-bond donors (Lipinski definition) is 0. The maximum atomic E-state index is 12.3. The van der Waals surface area contributed by atoms with Gasteiger partial charge in [0.25, 0.3) is 0 Å². The van der Waals surface area contributed by atoms with Crippen LogP contribution in [0.15, 0.2) is 24.3 Å². The van der Waals surface area contributed by atoms with E-state index in [-0.39, 0.29) is 11.5 Å². The van der Waals surface area contributed by atoms with Crippen LogP contribution in [0.5, 0.6) is 0 Å². The largest absolute Gasteiger partial charge is 0.457 e. The summed E-state index contributed by atoms with van der Waals surface area (Å²) in [6.45, 7) is 4.07. The molecule has 0 saturated carbocycles. The zero-order valence-corrected chi connectivity index (χ0v) is 17.3. The molecule has 3 atom stereocenters. The Morgan fingerprint density at radius 1 is 1.00 bits per heavy atom. The summed E-state index contributed by atoms with van der Waals surface area (Å²) in [4.78, 5) is 12.3. The van der Waals surface area contributed by atoms with Gasteiger partial charge in [-0.2, -0.15) is 0 Å². The summed E-state index contributed by atoms with van der Waals surface area (Å²) in [6.07, 6.45) is 3.05. The second-order valence-corrected chi connectivity index (χ2v) is 9.54. The zero-order chi connectivity index (χ0) is 18.7. The van der Waals surface area contributed by atoms with Crippen LogP contribution in [-0.4, -0.2) is 43.5 Å². The minimum Gasteiger partial charge on any atom is -0.457 e. The molecule has 0 amide bonds. The average Bonchev–Trinajstić information content (AvgIpc) is 2.58. The quantitative estimate of drug-likeness (QED) is 0.493. The van der Waals surface area contributed by atoms with Crippen molar-refractivity contribution in [3.8, 4) is 0 Å². The Morgan fingerprint density at radius 3 is 1.92 bits per heavy atom. The van der Waals surface area contributed by atoms with Gasteiger partial charge in [0.1, 0.15) is 6.10 Å². The van der Waals surface area contributed by atoms with E-state index in [2.05, 4.69) is 0 Å². The lowest BCUT2D eigenvalue weighted by molar-refractivity contribution is 0.0391. The van der Waals surface area contributed by atoms with Gasteiger partial charge in [-0.1, -0.05) is 38.3 Å². The highest BCUT2D eigenvalue weighted by atomic mass is 35.5. The first-order valence-electron chi connectivity index (χ1n) is 8.62. The first kappa shape index (κ1) is 22.3. The number of hydrogen-bond acceptors (Lipinski definition) is 4. The van der Waals surface area contributed by atoms with Gasteiger partial charge >= 0.3 is 5.97 Å². The van der Waals surface area contributed by atoms with Gasteiger partial charge in [0, 0.05) is 38.1 Å². The van der Waals surface area contributed by atoms with Gasteiger partial charge in [0.15, 0.2) is 0 Å². The fraction of sp³-hybridized carbons (Fsp3) is 0.611. The molecule has 0 aliphatic carbocycles. The van der Waals surface area contributed by atoms with Crippen LogP contribution in [0, 0.1) is 0 Å². The second kappa shape index (κ2) is 12.6. The third-order valence-corrected chi connectivity index (χ3v) is 6.78. The summed E-state index contributed by atoms with van der Waals surface area (Å²) >= 11 is 5.82. The molecule has 0 aromatic heterocycles. The molecule has 4 nitrogen and oxygen atoms in total. The maximum absolute atomic E-state index is 12.3. The number of carbonyl (C=O) groups is 1. The number of esters is 1. The highest BCUT2D eigenvalue weighted by molar-refractivity contribution is 7.86. The summed E-state index contributed by atoms with van der Waals surface area (Å²) in [7, 11) is -2.16. The highest BCUT2D eigenvalue weighted by Crippen LogP contribution is 2.12. The maximum Gasteiger partial charge on any atom is 0.338 e. The molecule has 0 N–H and O–H groups in total. The van der Waals surface area contributed by atoms with E-state index in [1.165, 1.54) is 0 Å². The molecule has 1 aromatic rings. The first-order chi connectivity index (χ1) is 12.0. The standard InChI is InChI=1S/C18H27ClO4S2/c1-3-5-11-24(21)13-17(14-25(22)12-6-4-2)23-18(20)15-7-9-16(19)10-8-15/h7-10,17H,3-6,11-14H2,1-2H3/t17?,24-,25+. The van der Waals surface area contributed by atoms with Crippen molar-refractivity contribution < 1.29 is 17.9 Å². The molecule has 1 unspecified atom stereocenters. The number of unbranched alkanes of at least 4 members (excludes halogenated alkanes) is 2. The lowest BCUT2D eigenvalue weighted by Gasteiger charge is -2.17. The zero-order valence-electron chi connectivity index (χ0n) is 14.9. The van der Waals surface area contributed by atoms with Crippen LogP contribution in [0.25, 0.3) is 0 Å². The molecule has 0 aliphatic heterocycles. The predicted octanol–water partition coefficient (Wildman–Crippen LogP) is 3.96. The van der Waals surface area contributed by atoms with Crippen LogP contribution in [0.1, 0.15) is 49.9 Å². The highest BCUT2D eigenvalue weighted by Gasteiger charge is 2.21. The minimum absolute atomic E-state index is 0.233. The van der Waals surface area contributed by atoms with Crippen LogP contribution >= 0.6 is 11.6 Å². The Balaban J connectivity index is 2.71.